The number of rotatable bonds is 3. The summed E-state index contributed by atoms with van der Waals surface area (Å²) in [5, 5.41) is 21.6. The number of carbonyl (C=O) groups excluding carboxylic acids is 1. The van der Waals surface area contributed by atoms with Crippen LogP contribution in [0.1, 0.15) is 0 Å². The number of nitrogens with two attached hydrogens (primary N) is 1. The van der Waals surface area contributed by atoms with Gasteiger partial charge in [-0.15, -0.1) is 0 Å². The van der Waals surface area contributed by atoms with Gasteiger partial charge in [0.15, 0.2) is 0 Å². The van der Waals surface area contributed by atoms with Gasteiger partial charge < -0.3 is 21.3 Å². The Morgan fingerprint density at radius 3 is 2.17 bits per heavy atom. The van der Waals surface area contributed by atoms with E-state index in [2.05, 4.69) is 5.32 Å². The number of anilines is 2. The van der Waals surface area contributed by atoms with Gasteiger partial charge in [0.05, 0.1) is 11.4 Å². The minimum Gasteiger partial charge on any atom is -0.506 e. The fraction of sp³-hybridized carbons (Fsp3) is 0. The zero-order chi connectivity index (χ0) is 13.1. The monoisotopic (exact) mass is 244 g/mol. The summed E-state index contributed by atoms with van der Waals surface area (Å²) in [5.74, 6) is -0.0574. The number of hydrogen-bond acceptors (Lipinski definition) is 4. The lowest BCUT2D eigenvalue weighted by atomic mass is 10.0. The van der Waals surface area contributed by atoms with Crippen molar-refractivity contribution in [2.75, 3.05) is 11.1 Å². The third-order valence-corrected chi connectivity index (χ3v) is 2.58. The zero-order valence-electron chi connectivity index (χ0n) is 9.42. The summed E-state index contributed by atoms with van der Waals surface area (Å²) < 4.78 is 0. The molecule has 18 heavy (non-hydrogen) atoms. The van der Waals surface area contributed by atoms with Gasteiger partial charge in [0.1, 0.15) is 11.5 Å². The lowest BCUT2D eigenvalue weighted by Gasteiger charge is -2.07. The van der Waals surface area contributed by atoms with Crippen LogP contribution in [-0.2, 0) is 4.79 Å². The van der Waals surface area contributed by atoms with Gasteiger partial charge in [-0.25, -0.2) is 0 Å². The van der Waals surface area contributed by atoms with Crippen LogP contribution in [0.25, 0.3) is 11.1 Å². The maximum atomic E-state index is 10.3. The van der Waals surface area contributed by atoms with Crippen molar-refractivity contribution < 1.29 is 15.0 Å². The van der Waals surface area contributed by atoms with Crippen molar-refractivity contribution in [2.24, 2.45) is 0 Å². The molecule has 0 bridgehead atoms. The summed E-state index contributed by atoms with van der Waals surface area (Å²) in [4.78, 5) is 10.3. The number of nitrogens with one attached hydrogen (secondary N) is 1. The molecule has 0 spiro atoms. The van der Waals surface area contributed by atoms with Crippen LogP contribution in [0.5, 0.6) is 11.5 Å². The maximum absolute atomic E-state index is 10.3. The summed E-state index contributed by atoms with van der Waals surface area (Å²) in [6.45, 7) is 0. The highest BCUT2D eigenvalue weighted by atomic mass is 16.3. The number of aromatic hydroxyl groups is 2. The van der Waals surface area contributed by atoms with Crippen LogP contribution < -0.4 is 11.1 Å². The van der Waals surface area contributed by atoms with Gasteiger partial charge in [0.2, 0.25) is 6.41 Å². The molecular weight excluding hydrogens is 232 g/mol. The first kappa shape index (κ1) is 11.8. The second-order valence-electron chi connectivity index (χ2n) is 3.77. The van der Waals surface area contributed by atoms with Crippen LogP contribution in [0.2, 0.25) is 0 Å². The summed E-state index contributed by atoms with van der Waals surface area (Å²) in [6, 6.07) is 9.62. The number of benzene rings is 2. The van der Waals surface area contributed by atoms with Crippen LogP contribution in [0.3, 0.4) is 0 Å². The van der Waals surface area contributed by atoms with Gasteiger partial charge in [-0.1, -0.05) is 12.1 Å². The molecule has 0 atom stereocenters. The molecule has 0 radical (unpaired) electrons. The molecule has 0 saturated heterocycles. The number of phenolic OH excluding ortho intramolecular Hbond substituents is 2. The van der Waals surface area contributed by atoms with E-state index in [-0.39, 0.29) is 11.5 Å². The predicted octanol–water partition coefficient (Wildman–Crippen LogP) is 1.92. The van der Waals surface area contributed by atoms with Crippen molar-refractivity contribution in [1.82, 2.24) is 0 Å². The second kappa shape index (κ2) is 4.67. The minimum atomic E-state index is -0.0454. The Morgan fingerprint density at radius 2 is 1.61 bits per heavy atom. The first-order chi connectivity index (χ1) is 8.61. The smallest absolute Gasteiger partial charge is 0.211 e. The van der Waals surface area contributed by atoms with Gasteiger partial charge in [0, 0.05) is 0 Å². The molecule has 2 aromatic rings. The fourth-order valence-corrected chi connectivity index (χ4v) is 1.62. The van der Waals surface area contributed by atoms with Gasteiger partial charge in [-0.2, -0.15) is 0 Å². The van der Waals surface area contributed by atoms with E-state index in [1.165, 1.54) is 12.1 Å². The summed E-state index contributed by atoms with van der Waals surface area (Å²) in [7, 11) is 0. The molecule has 2 rings (SSSR count). The third kappa shape index (κ3) is 2.20. The van der Waals surface area contributed by atoms with Crippen molar-refractivity contribution in [3.63, 3.8) is 0 Å². The van der Waals surface area contributed by atoms with Crippen LogP contribution in [0.4, 0.5) is 11.4 Å². The molecule has 0 aliphatic rings. The van der Waals surface area contributed by atoms with Gasteiger partial charge in [-0.05, 0) is 35.4 Å². The van der Waals surface area contributed by atoms with E-state index >= 15 is 0 Å². The highest BCUT2D eigenvalue weighted by Gasteiger charge is 2.05. The molecular formula is C13H12N2O3. The van der Waals surface area contributed by atoms with E-state index in [0.29, 0.717) is 23.3 Å². The van der Waals surface area contributed by atoms with Crippen LogP contribution >= 0.6 is 0 Å². The quantitative estimate of drug-likeness (QED) is 0.377. The molecule has 0 heterocycles. The first-order valence-electron chi connectivity index (χ1n) is 5.24. The van der Waals surface area contributed by atoms with Crippen molar-refractivity contribution >= 4 is 17.8 Å². The van der Waals surface area contributed by atoms with E-state index in [9.17, 15) is 15.0 Å². The number of phenols is 2. The number of amides is 1. The normalized spacial score (nSPS) is 10.0. The van der Waals surface area contributed by atoms with E-state index in [1.807, 2.05) is 0 Å². The number of nitrogen functional groups attached to an aromatic ring is 1. The molecule has 5 heteroatoms. The third-order valence-electron chi connectivity index (χ3n) is 2.58. The topological polar surface area (TPSA) is 95.6 Å². The average molecular weight is 244 g/mol. The highest BCUT2D eigenvalue weighted by molar-refractivity contribution is 5.79. The van der Waals surface area contributed by atoms with Crippen LogP contribution in [0, 0.1) is 0 Å². The number of carbonyl (C=O) groups is 1. The molecule has 0 aliphatic carbocycles. The van der Waals surface area contributed by atoms with E-state index in [0.717, 1.165) is 5.56 Å². The fourth-order valence-electron chi connectivity index (χ4n) is 1.62. The van der Waals surface area contributed by atoms with Crippen LogP contribution in [0.15, 0.2) is 36.4 Å². The zero-order valence-corrected chi connectivity index (χ0v) is 9.42. The van der Waals surface area contributed by atoms with E-state index < -0.39 is 0 Å². The Balaban J connectivity index is 2.42. The van der Waals surface area contributed by atoms with Gasteiger partial charge >= 0.3 is 0 Å². The summed E-state index contributed by atoms with van der Waals surface area (Å²) in [5.41, 5.74) is 7.56. The molecule has 0 aromatic heterocycles. The maximum Gasteiger partial charge on any atom is 0.211 e. The molecule has 0 saturated carbocycles. The SMILES string of the molecule is Nc1ccc(-c2ccc(NC=O)c(O)c2)cc1O. The molecule has 0 fully saturated rings. The summed E-state index contributed by atoms with van der Waals surface area (Å²) >= 11 is 0. The van der Waals surface area contributed by atoms with E-state index in [1.54, 1.807) is 24.3 Å². The van der Waals surface area contributed by atoms with Crippen molar-refractivity contribution in [2.45, 2.75) is 0 Å². The highest BCUT2D eigenvalue weighted by Crippen LogP contribution is 2.32. The lowest BCUT2D eigenvalue weighted by molar-refractivity contribution is -0.105. The first-order valence-corrected chi connectivity index (χ1v) is 5.24. The molecule has 0 unspecified atom stereocenters. The molecule has 5 N–H and O–H groups in total. The Kier molecular flexibility index (Phi) is 3.05. The minimum absolute atomic E-state index is 0.0120. The number of hydrogen-bond donors (Lipinski definition) is 4. The molecule has 2 aromatic carbocycles. The van der Waals surface area contributed by atoms with Gasteiger partial charge in [-0.3, -0.25) is 4.79 Å². The van der Waals surface area contributed by atoms with Crippen LogP contribution in [-0.4, -0.2) is 16.6 Å². The molecule has 1 amide bonds. The molecule has 5 nitrogen and oxygen atoms in total. The lowest BCUT2D eigenvalue weighted by Crippen LogP contribution is -1.94. The summed E-state index contributed by atoms with van der Waals surface area (Å²) in [6.07, 6.45) is 0.490. The average Bonchev–Trinajstić information content (AvgIpc) is 2.35. The predicted molar refractivity (Wildman–Crippen MR) is 69.3 cm³/mol. The second-order valence-corrected chi connectivity index (χ2v) is 3.77. The molecule has 92 valence electrons. The Labute approximate surface area is 103 Å². The van der Waals surface area contributed by atoms with Crippen molar-refractivity contribution in [3.8, 4) is 22.6 Å². The van der Waals surface area contributed by atoms with Gasteiger partial charge in [0.25, 0.3) is 0 Å². The molecule has 0 aliphatic heterocycles. The standard InChI is InChI=1S/C13H12N2O3/c14-10-3-1-8(5-12(10)17)9-2-4-11(15-7-16)13(18)6-9/h1-7,17-18H,14H2,(H,15,16). The van der Waals surface area contributed by atoms with Crippen molar-refractivity contribution in [3.05, 3.63) is 36.4 Å². The largest absolute Gasteiger partial charge is 0.506 e. The van der Waals surface area contributed by atoms with Crippen molar-refractivity contribution in [1.29, 1.82) is 0 Å². The van der Waals surface area contributed by atoms with E-state index in [4.69, 9.17) is 5.73 Å². The Bertz CT molecular complexity index is 597. The Morgan fingerprint density at radius 1 is 1.00 bits per heavy atom. The Hall–Kier alpha value is -2.69.